The van der Waals surface area contributed by atoms with E-state index in [9.17, 15) is 0 Å². The maximum absolute atomic E-state index is 5.94. The molecule has 2 aromatic heterocycles. The lowest BCUT2D eigenvalue weighted by Gasteiger charge is -2.04. The summed E-state index contributed by atoms with van der Waals surface area (Å²) in [5.41, 5.74) is 2.10. The zero-order valence-electron chi connectivity index (χ0n) is 9.01. The molecule has 0 spiro atoms. The Morgan fingerprint density at radius 1 is 1.29 bits per heavy atom. The van der Waals surface area contributed by atoms with Crippen molar-refractivity contribution >= 4 is 34.0 Å². The van der Waals surface area contributed by atoms with Gasteiger partial charge in [0.2, 0.25) is 0 Å². The van der Waals surface area contributed by atoms with Crippen LogP contribution in [0.5, 0.6) is 0 Å². The predicted octanol–water partition coefficient (Wildman–Crippen LogP) is 3.28. The van der Waals surface area contributed by atoms with E-state index in [0.717, 1.165) is 28.4 Å². The van der Waals surface area contributed by atoms with Crippen LogP contribution in [0.25, 0.3) is 11.0 Å². The average Bonchev–Trinajstić information content (AvgIpc) is 2.98. The van der Waals surface area contributed by atoms with Crippen LogP contribution < -0.4 is 0 Å². The minimum Gasteiger partial charge on any atom is -0.320 e. The van der Waals surface area contributed by atoms with Gasteiger partial charge in [-0.15, -0.1) is 22.9 Å². The third kappa shape index (κ3) is 1.94. The molecule has 3 nitrogen and oxygen atoms in total. The van der Waals surface area contributed by atoms with E-state index in [0.29, 0.717) is 5.88 Å². The fraction of sp³-hybridized carbons (Fsp3) is 0.167. The van der Waals surface area contributed by atoms with E-state index in [1.54, 1.807) is 11.3 Å². The van der Waals surface area contributed by atoms with Crippen LogP contribution in [0.4, 0.5) is 0 Å². The van der Waals surface area contributed by atoms with Gasteiger partial charge in [0.15, 0.2) is 0 Å². The summed E-state index contributed by atoms with van der Waals surface area (Å²) >= 11 is 7.59. The molecule has 3 aromatic rings. The number of aromatic nitrogens is 3. The monoisotopic (exact) mass is 263 g/mol. The van der Waals surface area contributed by atoms with Crippen molar-refractivity contribution in [2.45, 2.75) is 12.4 Å². The first-order valence-corrected chi connectivity index (χ1v) is 6.68. The molecule has 0 amide bonds. The van der Waals surface area contributed by atoms with Crippen LogP contribution in [-0.4, -0.2) is 14.5 Å². The molecule has 1 aromatic carbocycles. The van der Waals surface area contributed by atoms with Gasteiger partial charge in [-0.25, -0.2) is 9.97 Å². The first-order valence-electron chi connectivity index (χ1n) is 5.27. The van der Waals surface area contributed by atoms with Crippen LogP contribution in [0.3, 0.4) is 0 Å². The zero-order chi connectivity index (χ0) is 11.7. The molecule has 0 unspecified atom stereocenters. The van der Waals surface area contributed by atoms with E-state index in [1.807, 2.05) is 29.8 Å². The second-order valence-electron chi connectivity index (χ2n) is 3.66. The highest BCUT2D eigenvalue weighted by atomic mass is 35.5. The fourth-order valence-electron chi connectivity index (χ4n) is 1.87. The van der Waals surface area contributed by atoms with E-state index in [-0.39, 0.29) is 0 Å². The third-order valence-corrected chi connectivity index (χ3v) is 3.63. The minimum absolute atomic E-state index is 0.417. The standard InChI is InChI=1S/C12H10ClN3S/c13-7-11-15-9-3-1-2-4-10(9)16(11)8-12-14-5-6-17-12/h1-6H,7-8H2. The van der Waals surface area contributed by atoms with Crippen LogP contribution in [0.2, 0.25) is 0 Å². The maximum atomic E-state index is 5.94. The molecule has 2 heterocycles. The Labute approximate surface area is 108 Å². The minimum atomic E-state index is 0.417. The van der Waals surface area contributed by atoms with Crippen LogP contribution in [0, 0.1) is 0 Å². The molecule has 0 fully saturated rings. The number of para-hydroxylation sites is 2. The van der Waals surface area contributed by atoms with Crippen molar-refractivity contribution in [3.8, 4) is 0 Å². The Morgan fingerprint density at radius 2 is 2.18 bits per heavy atom. The number of hydrogen-bond donors (Lipinski definition) is 0. The normalized spacial score (nSPS) is 11.1. The van der Waals surface area contributed by atoms with Crippen molar-refractivity contribution in [3.05, 3.63) is 46.7 Å². The number of rotatable bonds is 3. The smallest absolute Gasteiger partial charge is 0.125 e. The van der Waals surface area contributed by atoms with Gasteiger partial charge in [-0.05, 0) is 12.1 Å². The number of imidazole rings is 1. The summed E-state index contributed by atoms with van der Waals surface area (Å²) in [7, 11) is 0. The highest BCUT2D eigenvalue weighted by molar-refractivity contribution is 7.09. The third-order valence-electron chi connectivity index (χ3n) is 2.63. The van der Waals surface area contributed by atoms with Crippen molar-refractivity contribution in [2.75, 3.05) is 0 Å². The van der Waals surface area contributed by atoms with Gasteiger partial charge in [-0.2, -0.15) is 0 Å². The molecule has 86 valence electrons. The summed E-state index contributed by atoms with van der Waals surface area (Å²) in [6.45, 7) is 0.736. The lowest BCUT2D eigenvalue weighted by Crippen LogP contribution is -2.03. The van der Waals surface area contributed by atoms with Gasteiger partial charge in [-0.1, -0.05) is 12.1 Å². The van der Waals surface area contributed by atoms with Crippen molar-refractivity contribution in [3.63, 3.8) is 0 Å². The zero-order valence-corrected chi connectivity index (χ0v) is 10.6. The summed E-state index contributed by atoms with van der Waals surface area (Å²) in [5.74, 6) is 1.31. The predicted molar refractivity (Wildman–Crippen MR) is 70.5 cm³/mol. The summed E-state index contributed by atoms with van der Waals surface area (Å²) in [4.78, 5) is 8.82. The molecule has 0 N–H and O–H groups in total. The number of nitrogens with zero attached hydrogens (tertiary/aromatic N) is 3. The van der Waals surface area contributed by atoms with Crippen molar-refractivity contribution in [1.82, 2.24) is 14.5 Å². The second kappa shape index (κ2) is 4.47. The highest BCUT2D eigenvalue weighted by Gasteiger charge is 2.10. The number of thiazole rings is 1. The molecule has 0 aliphatic carbocycles. The summed E-state index contributed by atoms with van der Waals surface area (Å²) in [6.07, 6.45) is 1.82. The van der Waals surface area contributed by atoms with E-state index >= 15 is 0 Å². The quantitative estimate of drug-likeness (QED) is 0.679. The first-order chi connectivity index (χ1) is 8.38. The van der Waals surface area contributed by atoms with Gasteiger partial charge in [0.25, 0.3) is 0 Å². The average molecular weight is 264 g/mol. The van der Waals surface area contributed by atoms with Gasteiger partial charge in [0.1, 0.15) is 10.8 Å². The summed E-state index contributed by atoms with van der Waals surface area (Å²) < 4.78 is 2.13. The molecule has 0 radical (unpaired) electrons. The number of hydrogen-bond acceptors (Lipinski definition) is 3. The number of alkyl halides is 1. The SMILES string of the molecule is ClCc1nc2ccccc2n1Cc1nccs1. The molecule has 17 heavy (non-hydrogen) atoms. The van der Waals surface area contributed by atoms with Crippen molar-refractivity contribution in [2.24, 2.45) is 0 Å². The van der Waals surface area contributed by atoms with Crippen molar-refractivity contribution < 1.29 is 0 Å². The molecule has 0 saturated heterocycles. The van der Waals surface area contributed by atoms with Gasteiger partial charge in [0.05, 0.1) is 23.5 Å². The second-order valence-corrected chi connectivity index (χ2v) is 4.91. The number of fused-ring (bicyclic) bond motifs is 1. The molecule has 0 aliphatic rings. The Bertz CT molecular complexity index is 630. The van der Waals surface area contributed by atoms with E-state index in [2.05, 4.69) is 20.6 Å². The summed E-state index contributed by atoms with van der Waals surface area (Å²) in [6, 6.07) is 8.07. The van der Waals surface area contributed by atoms with E-state index < -0.39 is 0 Å². The Kier molecular flexibility index (Phi) is 2.82. The molecule has 0 bridgehead atoms. The molecule has 5 heteroatoms. The lowest BCUT2D eigenvalue weighted by molar-refractivity contribution is 0.773. The highest BCUT2D eigenvalue weighted by Crippen LogP contribution is 2.19. The largest absolute Gasteiger partial charge is 0.320 e. The van der Waals surface area contributed by atoms with E-state index in [4.69, 9.17) is 11.6 Å². The Balaban J connectivity index is 2.12. The molecule has 0 saturated carbocycles. The van der Waals surface area contributed by atoms with Crippen LogP contribution in [0.1, 0.15) is 10.8 Å². The van der Waals surface area contributed by atoms with Crippen molar-refractivity contribution in [1.29, 1.82) is 0 Å². The van der Waals surface area contributed by atoms with Gasteiger partial charge in [0, 0.05) is 11.6 Å². The Hall–Kier alpha value is -1.39. The molecule has 0 aliphatic heterocycles. The van der Waals surface area contributed by atoms with Gasteiger partial charge < -0.3 is 4.57 Å². The maximum Gasteiger partial charge on any atom is 0.125 e. The first kappa shape index (κ1) is 10.7. The molecule has 0 atom stereocenters. The molecular weight excluding hydrogens is 254 g/mol. The number of halogens is 1. The van der Waals surface area contributed by atoms with E-state index in [1.165, 1.54) is 0 Å². The van der Waals surface area contributed by atoms with Crippen LogP contribution >= 0.6 is 22.9 Å². The fourth-order valence-corrected chi connectivity index (χ4v) is 2.68. The van der Waals surface area contributed by atoms with Crippen LogP contribution in [0.15, 0.2) is 35.8 Å². The van der Waals surface area contributed by atoms with Gasteiger partial charge >= 0.3 is 0 Å². The summed E-state index contributed by atoms with van der Waals surface area (Å²) in [5, 5.41) is 3.05. The van der Waals surface area contributed by atoms with Crippen LogP contribution in [-0.2, 0) is 12.4 Å². The topological polar surface area (TPSA) is 30.7 Å². The molecule has 3 rings (SSSR count). The lowest BCUT2D eigenvalue weighted by atomic mass is 10.3. The number of benzene rings is 1. The Morgan fingerprint density at radius 3 is 2.94 bits per heavy atom. The molecular formula is C12H10ClN3S. The van der Waals surface area contributed by atoms with Gasteiger partial charge in [-0.3, -0.25) is 0 Å².